The van der Waals surface area contributed by atoms with Crippen LogP contribution in [0.2, 0.25) is 5.02 Å². The lowest BCUT2D eigenvalue weighted by molar-refractivity contribution is -0.160. The number of aromatic nitrogens is 1. The summed E-state index contributed by atoms with van der Waals surface area (Å²) in [4.78, 5) is 6.35. The summed E-state index contributed by atoms with van der Waals surface area (Å²) in [6, 6.07) is 1.97. The first kappa shape index (κ1) is 13.2. The van der Waals surface area contributed by atoms with Crippen molar-refractivity contribution in [3.05, 3.63) is 23.5 Å². The lowest BCUT2D eigenvalue weighted by Gasteiger charge is -2.48. The quantitative estimate of drug-likeness (QED) is 0.793. The van der Waals surface area contributed by atoms with Gasteiger partial charge in [0, 0.05) is 32.1 Å². The fourth-order valence-electron chi connectivity index (χ4n) is 3.08. The average molecular weight is 283 g/mol. The lowest BCUT2D eigenvalue weighted by atomic mass is 9.93. The molecule has 0 unspecified atom stereocenters. The van der Waals surface area contributed by atoms with Crippen molar-refractivity contribution in [2.24, 2.45) is 0 Å². The number of hydrogen-bond donors (Lipinski definition) is 0. The molecule has 104 valence electrons. The molecule has 1 aromatic heterocycles. The van der Waals surface area contributed by atoms with Crippen molar-refractivity contribution in [2.75, 3.05) is 31.2 Å². The Hall–Kier alpha value is -0.840. The molecule has 0 aliphatic carbocycles. The van der Waals surface area contributed by atoms with Crippen LogP contribution in [0, 0.1) is 0 Å². The smallest absolute Gasteiger partial charge is 0.109 e. The van der Waals surface area contributed by atoms with Crippen LogP contribution in [0.25, 0.3) is 0 Å². The molecule has 2 aliphatic heterocycles. The highest BCUT2D eigenvalue weighted by Crippen LogP contribution is 2.34. The van der Waals surface area contributed by atoms with E-state index in [2.05, 4.69) is 16.8 Å². The second-order valence-electron chi connectivity index (χ2n) is 5.48. The van der Waals surface area contributed by atoms with Crippen LogP contribution in [0.1, 0.15) is 19.8 Å². The molecule has 0 amide bonds. The van der Waals surface area contributed by atoms with Gasteiger partial charge >= 0.3 is 0 Å². The van der Waals surface area contributed by atoms with Crippen LogP contribution in [-0.2, 0) is 9.47 Å². The molecule has 2 atom stereocenters. The van der Waals surface area contributed by atoms with Gasteiger partial charge in [0.2, 0.25) is 0 Å². The van der Waals surface area contributed by atoms with Gasteiger partial charge in [-0.15, -0.1) is 0 Å². The summed E-state index contributed by atoms with van der Waals surface area (Å²) in [6.07, 6.45) is 5.77. The molecule has 0 N–H and O–H groups in total. The fraction of sp³-hybridized carbons (Fsp3) is 0.643. The van der Waals surface area contributed by atoms with Gasteiger partial charge in [-0.2, -0.15) is 0 Å². The van der Waals surface area contributed by atoms with Crippen LogP contribution in [0.5, 0.6) is 0 Å². The van der Waals surface area contributed by atoms with Crippen molar-refractivity contribution < 1.29 is 9.47 Å². The van der Waals surface area contributed by atoms with Crippen molar-refractivity contribution in [3.63, 3.8) is 0 Å². The average Bonchev–Trinajstić information content (AvgIpc) is 2.39. The van der Waals surface area contributed by atoms with Crippen molar-refractivity contribution in [1.29, 1.82) is 0 Å². The summed E-state index contributed by atoms with van der Waals surface area (Å²) < 4.78 is 11.8. The molecule has 2 saturated heterocycles. The first-order chi connectivity index (χ1) is 9.19. The topological polar surface area (TPSA) is 34.6 Å². The first-order valence-corrected chi connectivity index (χ1v) is 7.16. The van der Waals surface area contributed by atoms with E-state index in [9.17, 15) is 0 Å². The largest absolute Gasteiger partial charge is 0.378 e. The molecular formula is C14H19ClN2O2. The maximum atomic E-state index is 6.26. The van der Waals surface area contributed by atoms with Crippen LogP contribution >= 0.6 is 11.6 Å². The molecule has 19 heavy (non-hydrogen) atoms. The van der Waals surface area contributed by atoms with Crippen LogP contribution in [0.15, 0.2) is 18.5 Å². The normalized spacial score (nSPS) is 31.7. The molecule has 2 fully saturated rings. The van der Waals surface area contributed by atoms with E-state index >= 15 is 0 Å². The number of halogens is 1. The molecular weight excluding hydrogens is 264 g/mol. The minimum Gasteiger partial charge on any atom is -0.378 e. The Labute approximate surface area is 118 Å². The Morgan fingerprint density at radius 1 is 1.53 bits per heavy atom. The van der Waals surface area contributed by atoms with Gasteiger partial charge in [-0.25, -0.2) is 0 Å². The second-order valence-corrected chi connectivity index (χ2v) is 5.88. The Kier molecular flexibility index (Phi) is 3.65. The summed E-state index contributed by atoms with van der Waals surface area (Å²) in [5.74, 6) is 0. The molecule has 3 rings (SSSR count). The number of nitrogens with zero attached hydrogens (tertiary/aromatic N) is 2. The van der Waals surface area contributed by atoms with Crippen molar-refractivity contribution in [1.82, 2.24) is 4.98 Å². The Balaban J connectivity index is 1.84. The van der Waals surface area contributed by atoms with Gasteiger partial charge in [0.25, 0.3) is 0 Å². The van der Waals surface area contributed by atoms with Gasteiger partial charge in [-0.3, -0.25) is 4.98 Å². The highest BCUT2D eigenvalue weighted by atomic mass is 35.5. The zero-order valence-electron chi connectivity index (χ0n) is 11.1. The zero-order valence-corrected chi connectivity index (χ0v) is 11.9. The molecule has 0 bridgehead atoms. The first-order valence-electron chi connectivity index (χ1n) is 6.79. The Morgan fingerprint density at radius 2 is 2.42 bits per heavy atom. The van der Waals surface area contributed by atoms with E-state index in [1.54, 1.807) is 12.4 Å². The summed E-state index contributed by atoms with van der Waals surface area (Å²) in [5, 5.41) is 0.698. The van der Waals surface area contributed by atoms with Crippen LogP contribution in [-0.4, -0.2) is 43.0 Å². The van der Waals surface area contributed by atoms with Crippen molar-refractivity contribution >= 4 is 17.3 Å². The maximum absolute atomic E-state index is 6.26. The molecule has 0 radical (unpaired) electrons. The minimum atomic E-state index is -0.178. The highest BCUT2D eigenvalue weighted by Gasteiger charge is 2.41. The number of ether oxygens (including phenoxy) is 2. The summed E-state index contributed by atoms with van der Waals surface area (Å²) in [7, 11) is 0. The number of rotatable bonds is 1. The maximum Gasteiger partial charge on any atom is 0.109 e. The highest BCUT2D eigenvalue weighted by molar-refractivity contribution is 6.33. The van der Waals surface area contributed by atoms with Crippen LogP contribution < -0.4 is 4.90 Å². The van der Waals surface area contributed by atoms with Gasteiger partial charge in [-0.1, -0.05) is 11.6 Å². The van der Waals surface area contributed by atoms with E-state index in [4.69, 9.17) is 21.1 Å². The molecule has 4 nitrogen and oxygen atoms in total. The molecule has 3 heterocycles. The van der Waals surface area contributed by atoms with Crippen molar-refractivity contribution in [3.8, 4) is 0 Å². The van der Waals surface area contributed by atoms with Crippen molar-refractivity contribution in [2.45, 2.75) is 31.5 Å². The fourth-order valence-corrected chi connectivity index (χ4v) is 3.32. The van der Waals surface area contributed by atoms with Crippen LogP contribution in [0.4, 0.5) is 5.69 Å². The third-order valence-electron chi connectivity index (χ3n) is 3.79. The third kappa shape index (κ3) is 2.71. The molecule has 1 spiro atoms. The number of morpholine rings is 1. The van der Waals surface area contributed by atoms with Gasteiger partial charge < -0.3 is 14.4 Å². The standard InChI is InChI=1S/C14H19ClN2O2/c1-11-8-17(13-3-5-16-7-12(13)15)9-14(19-11)4-2-6-18-10-14/h3,5,7,11H,2,4,6,8-10H2,1H3/t11-,14+/m0/s1. The molecule has 2 aliphatic rings. The molecule has 5 heteroatoms. The summed E-state index contributed by atoms with van der Waals surface area (Å²) in [5.41, 5.74) is 0.861. The minimum absolute atomic E-state index is 0.178. The van der Waals surface area contributed by atoms with E-state index in [0.29, 0.717) is 11.6 Å². The predicted molar refractivity (Wildman–Crippen MR) is 74.8 cm³/mol. The van der Waals surface area contributed by atoms with E-state index < -0.39 is 0 Å². The summed E-state index contributed by atoms with van der Waals surface area (Å²) >= 11 is 6.26. The predicted octanol–water partition coefficient (Wildman–Crippen LogP) is 2.51. The monoisotopic (exact) mass is 282 g/mol. The SMILES string of the molecule is C[C@H]1CN(c2ccncc2Cl)C[C@@]2(CCCOC2)O1. The van der Waals surface area contributed by atoms with Gasteiger partial charge in [0.05, 0.1) is 23.4 Å². The summed E-state index contributed by atoms with van der Waals surface area (Å²) in [6.45, 7) is 5.32. The zero-order chi connectivity index (χ0) is 13.3. The molecule has 0 aromatic carbocycles. The lowest BCUT2D eigenvalue weighted by Crippen LogP contribution is -2.58. The number of anilines is 1. The second kappa shape index (κ2) is 5.27. The number of hydrogen-bond acceptors (Lipinski definition) is 4. The Bertz CT molecular complexity index is 449. The van der Waals surface area contributed by atoms with Gasteiger partial charge in [-0.05, 0) is 25.8 Å². The molecule has 1 aromatic rings. The Morgan fingerprint density at radius 3 is 3.16 bits per heavy atom. The van der Waals surface area contributed by atoms with E-state index in [0.717, 1.165) is 38.2 Å². The van der Waals surface area contributed by atoms with Crippen LogP contribution in [0.3, 0.4) is 0 Å². The van der Waals surface area contributed by atoms with E-state index in [-0.39, 0.29) is 11.7 Å². The van der Waals surface area contributed by atoms with E-state index in [1.165, 1.54) is 0 Å². The van der Waals surface area contributed by atoms with Gasteiger partial charge in [0.1, 0.15) is 5.60 Å². The number of pyridine rings is 1. The van der Waals surface area contributed by atoms with Gasteiger partial charge in [0.15, 0.2) is 0 Å². The third-order valence-corrected chi connectivity index (χ3v) is 4.08. The van der Waals surface area contributed by atoms with E-state index in [1.807, 2.05) is 6.07 Å². The molecule has 0 saturated carbocycles.